The summed E-state index contributed by atoms with van der Waals surface area (Å²) in [7, 11) is 0. The third-order valence-corrected chi connectivity index (χ3v) is 4.66. The predicted molar refractivity (Wildman–Crippen MR) is 92.9 cm³/mol. The van der Waals surface area contributed by atoms with E-state index in [1.165, 1.54) is 5.56 Å². The van der Waals surface area contributed by atoms with Crippen LogP contribution in [0.15, 0.2) is 33.5 Å². The molecule has 1 heterocycles. The van der Waals surface area contributed by atoms with Crippen LogP contribution in [0.2, 0.25) is 0 Å². The Hall–Kier alpha value is -1.62. The van der Waals surface area contributed by atoms with Gasteiger partial charge in [-0.25, -0.2) is 0 Å². The molecule has 0 atom stereocenters. The Bertz CT molecular complexity index is 966. The van der Waals surface area contributed by atoms with Crippen LogP contribution in [0, 0.1) is 20.8 Å². The quantitative estimate of drug-likeness (QED) is 0.511. The van der Waals surface area contributed by atoms with Gasteiger partial charge in [0.25, 0.3) is 5.97 Å². The number of benzene rings is 2. The van der Waals surface area contributed by atoms with E-state index < -0.39 is 5.97 Å². The van der Waals surface area contributed by atoms with Gasteiger partial charge in [-0.2, -0.15) is 0 Å². The Morgan fingerprint density at radius 2 is 1.74 bits per heavy atom. The second-order valence-electron chi connectivity index (χ2n) is 5.74. The van der Waals surface area contributed by atoms with E-state index in [-0.39, 0.29) is 5.43 Å². The molecule has 2 aromatic carbocycles. The van der Waals surface area contributed by atoms with Gasteiger partial charge < -0.3 is 5.11 Å². The van der Waals surface area contributed by atoms with Crippen LogP contribution in [0.3, 0.4) is 0 Å². The Kier molecular flexibility index (Phi) is 5.30. The van der Waals surface area contributed by atoms with E-state index in [2.05, 4.69) is 13.0 Å². The molecule has 0 aliphatic rings. The minimum atomic E-state index is -0.833. The number of fused-ring (bicyclic) bond motifs is 2. The number of hydrogen-bond donors (Lipinski definition) is 1. The summed E-state index contributed by atoms with van der Waals surface area (Å²) < 4.78 is 7.22. The van der Waals surface area contributed by atoms with Crippen molar-refractivity contribution in [3.05, 3.63) is 51.2 Å². The van der Waals surface area contributed by atoms with Gasteiger partial charge in [-0.05, 0) is 0 Å². The van der Waals surface area contributed by atoms with Crippen LogP contribution >= 0.6 is 0 Å². The van der Waals surface area contributed by atoms with E-state index in [1.54, 1.807) is 0 Å². The number of hydrogen-bond acceptors (Lipinski definition) is 3. The van der Waals surface area contributed by atoms with Gasteiger partial charge in [0.2, 0.25) is 0 Å². The average molecular weight is 320 g/mol. The molecule has 0 saturated carbocycles. The molecule has 0 spiro atoms. The topological polar surface area (TPSA) is 67.5 Å². The first-order valence-corrected chi connectivity index (χ1v) is 8.36. The van der Waals surface area contributed by atoms with Gasteiger partial charge in [-0.15, -0.1) is 0 Å². The molecule has 0 radical (unpaired) electrons. The molecule has 114 valence electrons. The maximum absolute atomic E-state index is 12.7. The van der Waals surface area contributed by atoms with Crippen molar-refractivity contribution in [2.45, 2.75) is 27.7 Å². The van der Waals surface area contributed by atoms with E-state index in [9.17, 15) is 4.79 Å². The van der Waals surface area contributed by atoms with Gasteiger partial charge in [0.05, 0.1) is 0 Å². The van der Waals surface area contributed by atoms with Gasteiger partial charge in [-0.3, -0.25) is 4.79 Å². The standard InChI is InChI=1S/C16H13O2.C2H4O2.Na/c1-9-8-10(2)14-15(17)12-6-4-5-7-13(12)18-16(14)11(9)3;1-2(3)4;/h4-6,8H,1-3H3;1H3,(H,3,4);. The van der Waals surface area contributed by atoms with Crippen LogP contribution < -0.4 is 8.24 Å². The molecule has 0 amide bonds. The number of para-hydroxylation sites is 1. The van der Waals surface area contributed by atoms with Crippen LogP contribution in [0.4, 0.5) is 0 Å². The molecule has 4 nitrogen and oxygen atoms in total. The maximum atomic E-state index is 12.7. The van der Waals surface area contributed by atoms with Crippen molar-refractivity contribution in [3.63, 3.8) is 0 Å². The zero-order valence-corrected chi connectivity index (χ0v) is 16.0. The number of aliphatic carboxylic acids is 1. The van der Waals surface area contributed by atoms with Crippen molar-refractivity contribution < 1.29 is 14.3 Å². The molecule has 1 N–H and O–H groups in total. The minimum absolute atomic E-state index is 0.0922. The molecule has 0 fully saturated rings. The SMILES string of the molecule is CC(=O)O.Cc1cc(C)c2c(=O)c3ccc[c]([Na])c3oc2c1C. The number of rotatable bonds is 0. The fraction of sp³-hybridized carbons (Fsp3) is 0.222. The third-order valence-electron chi connectivity index (χ3n) is 3.87. The van der Waals surface area contributed by atoms with Crippen LogP contribution in [-0.2, 0) is 4.79 Å². The summed E-state index contributed by atoms with van der Waals surface area (Å²) in [6.45, 7) is 7.13. The normalized spacial score (nSPS) is 10.5. The van der Waals surface area contributed by atoms with Gasteiger partial charge in [0.1, 0.15) is 0 Å². The van der Waals surface area contributed by atoms with Gasteiger partial charge in [0, 0.05) is 6.92 Å². The zero-order chi connectivity index (χ0) is 17.3. The van der Waals surface area contributed by atoms with E-state index in [1.807, 2.05) is 32.0 Å². The third kappa shape index (κ3) is 3.50. The fourth-order valence-electron chi connectivity index (χ4n) is 2.66. The second kappa shape index (κ2) is 6.87. The Labute approximate surface area is 151 Å². The first-order chi connectivity index (χ1) is 10.7. The Balaban J connectivity index is 0.000000433. The van der Waals surface area contributed by atoms with Crippen LogP contribution in [0.1, 0.15) is 23.6 Å². The van der Waals surface area contributed by atoms with E-state index in [4.69, 9.17) is 14.3 Å². The summed E-state index contributed by atoms with van der Waals surface area (Å²) in [5.74, 6) is -0.833. The first-order valence-electron chi connectivity index (χ1n) is 7.36. The molecule has 3 aromatic rings. The van der Waals surface area contributed by atoms with Crippen molar-refractivity contribution >= 4 is 58.7 Å². The molecule has 23 heavy (non-hydrogen) atoms. The zero-order valence-electron chi connectivity index (χ0n) is 14.0. The summed E-state index contributed by atoms with van der Waals surface area (Å²) in [6.07, 6.45) is 0. The molecule has 0 unspecified atom stereocenters. The summed E-state index contributed by atoms with van der Waals surface area (Å²) in [5.41, 5.74) is 4.82. The van der Waals surface area contributed by atoms with Gasteiger partial charge in [-0.1, -0.05) is 0 Å². The first kappa shape index (κ1) is 17.7. The Morgan fingerprint density at radius 3 is 2.35 bits per heavy atom. The van der Waals surface area contributed by atoms with Crippen molar-refractivity contribution in [1.29, 1.82) is 0 Å². The van der Waals surface area contributed by atoms with Crippen molar-refractivity contribution in [3.8, 4) is 0 Å². The van der Waals surface area contributed by atoms with Crippen molar-refractivity contribution in [2.75, 3.05) is 0 Å². The number of carboxylic acid groups (broad SMARTS) is 1. The summed E-state index contributed by atoms with van der Waals surface area (Å²) in [5, 5.41) is 8.84. The van der Waals surface area contributed by atoms with Gasteiger partial charge >= 0.3 is 129 Å². The molecule has 3 rings (SSSR count). The van der Waals surface area contributed by atoms with Gasteiger partial charge in [0.15, 0.2) is 0 Å². The number of carboxylic acids is 1. The number of aryl methyl sites for hydroxylation is 3. The molecule has 0 aliphatic heterocycles. The molecule has 0 bridgehead atoms. The molecule has 1 aromatic heterocycles. The van der Waals surface area contributed by atoms with E-state index in [0.29, 0.717) is 5.39 Å². The molecular formula is C18H17NaO4. The van der Waals surface area contributed by atoms with Crippen LogP contribution in [-0.4, -0.2) is 39.0 Å². The summed E-state index contributed by atoms with van der Waals surface area (Å²) in [6, 6.07) is 7.88. The monoisotopic (exact) mass is 320 g/mol. The second-order valence-corrected chi connectivity index (χ2v) is 6.82. The predicted octanol–water partition coefficient (Wildman–Crippen LogP) is 2.76. The summed E-state index contributed by atoms with van der Waals surface area (Å²) in [4.78, 5) is 21.7. The average Bonchev–Trinajstić information content (AvgIpc) is 2.45. The van der Waals surface area contributed by atoms with E-state index in [0.717, 1.165) is 65.3 Å². The van der Waals surface area contributed by atoms with E-state index >= 15 is 0 Å². The Morgan fingerprint density at radius 1 is 1.13 bits per heavy atom. The van der Waals surface area contributed by atoms with Crippen molar-refractivity contribution in [1.82, 2.24) is 0 Å². The summed E-state index contributed by atoms with van der Waals surface area (Å²) >= 11 is 0.872. The number of carbonyl (C=O) groups is 1. The fourth-order valence-corrected chi connectivity index (χ4v) is 3.23. The molecular weight excluding hydrogens is 303 g/mol. The van der Waals surface area contributed by atoms with Crippen molar-refractivity contribution in [2.24, 2.45) is 0 Å². The van der Waals surface area contributed by atoms with Crippen LogP contribution in [0.25, 0.3) is 21.9 Å². The van der Waals surface area contributed by atoms with Crippen LogP contribution in [0.5, 0.6) is 0 Å². The molecule has 0 aliphatic carbocycles. The molecule has 0 saturated heterocycles. The molecule has 5 heteroatoms.